The number of nitrogens with two attached hydrogens (primary N) is 1. The van der Waals surface area contributed by atoms with Gasteiger partial charge in [-0.1, -0.05) is 54.2 Å². The summed E-state index contributed by atoms with van der Waals surface area (Å²) < 4.78 is 1.50. The fourth-order valence-corrected chi connectivity index (χ4v) is 3.03. The van der Waals surface area contributed by atoms with Crippen molar-refractivity contribution < 1.29 is 9.90 Å². The molecular formula is C17H16N4O2S. The van der Waals surface area contributed by atoms with Crippen LogP contribution in [0.25, 0.3) is 0 Å². The molecule has 6 nitrogen and oxygen atoms in total. The first-order valence-corrected chi connectivity index (χ1v) is 8.30. The average Bonchev–Trinajstić information content (AvgIpc) is 2.94. The zero-order chi connectivity index (χ0) is 16.9. The maximum absolute atomic E-state index is 10.8. The van der Waals surface area contributed by atoms with E-state index in [0.717, 1.165) is 11.1 Å². The molecule has 0 spiro atoms. The topological polar surface area (TPSA) is 94.0 Å². The van der Waals surface area contributed by atoms with Crippen molar-refractivity contribution in [2.75, 3.05) is 5.84 Å². The van der Waals surface area contributed by atoms with E-state index in [0.29, 0.717) is 23.2 Å². The van der Waals surface area contributed by atoms with E-state index in [2.05, 4.69) is 10.2 Å². The summed E-state index contributed by atoms with van der Waals surface area (Å²) in [6.45, 7) is 0. The van der Waals surface area contributed by atoms with Crippen LogP contribution in [0.15, 0.2) is 59.8 Å². The van der Waals surface area contributed by atoms with Gasteiger partial charge in [-0.25, -0.2) is 9.47 Å². The summed E-state index contributed by atoms with van der Waals surface area (Å²) in [7, 11) is 0. The molecule has 0 unspecified atom stereocenters. The third kappa shape index (κ3) is 3.75. The lowest BCUT2D eigenvalue weighted by Crippen LogP contribution is -2.14. The van der Waals surface area contributed by atoms with E-state index in [1.165, 1.54) is 16.4 Å². The Morgan fingerprint density at radius 2 is 1.75 bits per heavy atom. The number of benzene rings is 2. The second-order valence-electron chi connectivity index (χ2n) is 5.22. The van der Waals surface area contributed by atoms with Gasteiger partial charge in [0.2, 0.25) is 5.16 Å². The molecule has 2 aromatic carbocycles. The van der Waals surface area contributed by atoms with Crippen molar-refractivity contribution in [1.29, 1.82) is 0 Å². The Labute approximate surface area is 143 Å². The SMILES string of the molecule is Nn1c(Cc2ccccc2)nnc1SCc1ccc(C(=O)O)cc1. The fraction of sp³-hybridized carbons (Fsp3) is 0.118. The Kier molecular flexibility index (Phi) is 4.81. The first kappa shape index (κ1) is 16.1. The number of nitrogen functional groups attached to an aromatic ring is 1. The number of thioether (sulfide) groups is 1. The van der Waals surface area contributed by atoms with Gasteiger partial charge in [-0.2, -0.15) is 0 Å². The van der Waals surface area contributed by atoms with Gasteiger partial charge in [-0.05, 0) is 23.3 Å². The number of carbonyl (C=O) groups is 1. The molecule has 0 radical (unpaired) electrons. The number of aromatic carboxylic acids is 1. The number of carboxylic acids is 1. The molecule has 3 aromatic rings. The molecule has 0 aliphatic rings. The number of hydrogen-bond acceptors (Lipinski definition) is 5. The van der Waals surface area contributed by atoms with Gasteiger partial charge in [-0.3, -0.25) is 0 Å². The molecule has 3 N–H and O–H groups in total. The summed E-state index contributed by atoms with van der Waals surface area (Å²) >= 11 is 1.46. The molecule has 0 saturated carbocycles. The van der Waals surface area contributed by atoms with Crippen LogP contribution in [0, 0.1) is 0 Å². The standard InChI is InChI=1S/C17H16N4O2S/c18-21-15(10-12-4-2-1-3-5-12)19-20-17(21)24-11-13-6-8-14(9-7-13)16(22)23/h1-9H,10-11,18H2,(H,22,23). The first-order chi connectivity index (χ1) is 11.6. The van der Waals surface area contributed by atoms with Crippen molar-refractivity contribution in [2.45, 2.75) is 17.3 Å². The van der Waals surface area contributed by atoms with Gasteiger partial charge >= 0.3 is 5.97 Å². The van der Waals surface area contributed by atoms with E-state index in [-0.39, 0.29) is 5.56 Å². The molecule has 0 saturated heterocycles. The van der Waals surface area contributed by atoms with Crippen LogP contribution >= 0.6 is 11.8 Å². The Morgan fingerprint density at radius 1 is 1.04 bits per heavy atom. The number of carboxylic acid groups (broad SMARTS) is 1. The lowest BCUT2D eigenvalue weighted by atomic mass is 10.1. The Bertz CT molecular complexity index is 832. The molecule has 24 heavy (non-hydrogen) atoms. The van der Waals surface area contributed by atoms with E-state index < -0.39 is 5.97 Å². The van der Waals surface area contributed by atoms with Crippen molar-refractivity contribution in [3.63, 3.8) is 0 Å². The Hall–Kier alpha value is -2.80. The lowest BCUT2D eigenvalue weighted by Gasteiger charge is -2.04. The summed E-state index contributed by atoms with van der Waals surface area (Å²) in [6.07, 6.45) is 0.623. The van der Waals surface area contributed by atoms with E-state index in [1.807, 2.05) is 30.3 Å². The smallest absolute Gasteiger partial charge is 0.335 e. The molecule has 0 aliphatic heterocycles. The normalized spacial score (nSPS) is 10.7. The van der Waals surface area contributed by atoms with Crippen LogP contribution in [0.4, 0.5) is 0 Å². The van der Waals surface area contributed by atoms with Crippen molar-refractivity contribution in [3.05, 3.63) is 77.1 Å². The van der Waals surface area contributed by atoms with Crippen molar-refractivity contribution in [1.82, 2.24) is 14.9 Å². The molecule has 0 bridgehead atoms. The van der Waals surface area contributed by atoms with Crippen molar-refractivity contribution in [2.24, 2.45) is 0 Å². The number of rotatable bonds is 6. The highest BCUT2D eigenvalue weighted by molar-refractivity contribution is 7.98. The highest BCUT2D eigenvalue weighted by Gasteiger charge is 2.11. The summed E-state index contributed by atoms with van der Waals surface area (Å²) in [5.41, 5.74) is 2.39. The molecule has 0 atom stereocenters. The van der Waals surface area contributed by atoms with E-state index in [1.54, 1.807) is 24.3 Å². The highest BCUT2D eigenvalue weighted by Crippen LogP contribution is 2.21. The second kappa shape index (κ2) is 7.18. The monoisotopic (exact) mass is 340 g/mol. The Balaban J connectivity index is 1.65. The maximum atomic E-state index is 10.8. The van der Waals surface area contributed by atoms with Gasteiger partial charge in [0.1, 0.15) is 0 Å². The highest BCUT2D eigenvalue weighted by atomic mass is 32.2. The summed E-state index contributed by atoms with van der Waals surface area (Å²) in [5.74, 6) is 6.48. The molecule has 1 heterocycles. The second-order valence-corrected chi connectivity index (χ2v) is 6.16. The molecule has 0 aliphatic carbocycles. The van der Waals surface area contributed by atoms with E-state index >= 15 is 0 Å². The van der Waals surface area contributed by atoms with Crippen LogP contribution in [-0.4, -0.2) is 25.9 Å². The summed E-state index contributed by atoms with van der Waals surface area (Å²) in [4.78, 5) is 10.8. The summed E-state index contributed by atoms with van der Waals surface area (Å²) in [6, 6.07) is 16.7. The minimum absolute atomic E-state index is 0.274. The van der Waals surface area contributed by atoms with Gasteiger partial charge in [0.15, 0.2) is 5.82 Å². The minimum Gasteiger partial charge on any atom is -0.478 e. The van der Waals surface area contributed by atoms with Gasteiger partial charge in [0, 0.05) is 12.2 Å². The quantitative estimate of drug-likeness (QED) is 0.529. The van der Waals surface area contributed by atoms with Gasteiger partial charge in [-0.15, -0.1) is 10.2 Å². The minimum atomic E-state index is -0.929. The third-order valence-electron chi connectivity index (χ3n) is 3.51. The van der Waals surface area contributed by atoms with Crippen LogP contribution < -0.4 is 5.84 Å². The zero-order valence-corrected chi connectivity index (χ0v) is 13.6. The summed E-state index contributed by atoms with van der Waals surface area (Å²) in [5, 5.41) is 17.8. The van der Waals surface area contributed by atoms with E-state index in [4.69, 9.17) is 10.9 Å². The van der Waals surface area contributed by atoms with Crippen LogP contribution in [-0.2, 0) is 12.2 Å². The van der Waals surface area contributed by atoms with Gasteiger partial charge < -0.3 is 10.9 Å². The largest absolute Gasteiger partial charge is 0.478 e. The van der Waals surface area contributed by atoms with E-state index in [9.17, 15) is 4.79 Å². The molecule has 122 valence electrons. The van der Waals surface area contributed by atoms with Gasteiger partial charge in [0.05, 0.1) is 5.56 Å². The number of hydrogen-bond donors (Lipinski definition) is 2. The van der Waals surface area contributed by atoms with Crippen LogP contribution in [0.1, 0.15) is 27.3 Å². The molecule has 3 rings (SSSR count). The fourth-order valence-electron chi connectivity index (χ4n) is 2.20. The van der Waals surface area contributed by atoms with Crippen molar-refractivity contribution in [3.8, 4) is 0 Å². The molecule has 7 heteroatoms. The average molecular weight is 340 g/mol. The number of nitrogens with zero attached hydrogens (tertiary/aromatic N) is 3. The predicted octanol–water partition coefficient (Wildman–Crippen LogP) is 2.57. The first-order valence-electron chi connectivity index (χ1n) is 7.32. The van der Waals surface area contributed by atoms with Crippen LogP contribution in [0.5, 0.6) is 0 Å². The number of aromatic nitrogens is 3. The molecule has 0 fully saturated rings. The maximum Gasteiger partial charge on any atom is 0.335 e. The Morgan fingerprint density at radius 3 is 2.42 bits per heavy atom. The molecular weight excluding hydrogens is 324 g/mol. The van der Waals surface area contributed by atoms with Crippen LogP contribution in [0.2, 0.25) is 0 Å². The van der Waals surface area contributed by atoms with Crippen LogP contribution in [0.3, 0.4) is 0 Å². The molecule has 0 amide bonds. The zero-order valence-electron chi connectivity index (χ0n) is 12.8. The van der Waals surface area contributed by atoms with Crippen molar-refractivity contribution >= 4 is 17.7 Å². The molecule has 1 aromatic heterocycles. The lowest BCUT2D eigenvalue weighted by molar-refractivity contribution is 0.0697. The third-order valence-corrected chi connectivity index (χ3v) is 4.52. The predicted molar refractivity (Wildman–Crippen MR) is 92.4 cm³/mol. The van der Waals surface area contributed by atoms with Gasteiger partial charge in [0.25, 0.3) is 0 Å².